The topological polar surface area (TPSA) is 55.1 Å². The molecule has 3 N–H and O–H groups in total. The van der Waals surface area contributed by atoms with E-state index in [2.05, 4.69) is 11.4 Å². The molecule has 0 fully saturated rings. The van der Waals surface area contributed by atoms with Crippen LogP contribution in [0.2, 0.25) is 0 Å². The Morgan fingerprint density at radius 3 is 2.89 bits per heavy atom. The lowest BCUT2D eigenvalue weighted by Gasteiger charge is -2.14. The molecule has 100 valence electrons. The molecule has 1 atom stereocenters. The Morgan fingerprint density at radius 1 is 1.42 bits per heavy atom. The number of thiophene rings is 1. The van der Waals surface area contributed by atoms with E-state index in [1.165, 1.54) is 4.88 Å². The summed E-state index contributed by atoms with van der Waals surface area (Å²) in [6.45, 7) is 3.95. The van der Waals surface area contributed by atoms with Gasteiger partial charge in [0, 0.05) is 23.0 Å². The van der Waals surface area contributed by atoms with Gasteiger partial charge in [0.1, 0.15) is 0 Å². The summed E-state index contributed by atoms with van der Waals surface area (Å²) in [6.07, 6.45) is 0.842. The van der Waals surface area contributed by atoms with Crippen molar-refractivity contribution in [3.05, 3.63) is 51.7 Å². The number of nitrogens with two attached hydrogens (primary N) is 1. The van der Waals surface area contributed by atoms with Crippen LogP contribution in [0.4, 0.5) is 5.69 Å². The molecule has 1 aromatic carbocycles. The number of carbonyl (C=O) groups is 1. The van der Waals surface area contributed by atoms with Gasteiger partial charge in [0.2, 0.25) is 0 Å². The largest absolute Gasteiger partial charge is 0.398 e. The maximum atomic E-state index is 12.2. The number of benzene rings is 1. The fraction of sp³-hybridized carbons (Fsp3) is 0.267. The minimum Gasteiger partial charge on any atom is -0.398 e. The molecule has 1 amide bonds. The van der Waals surface area contributed by atoms with Crippen LogP contribution in [0.15, 0.2) is 35.7 Å². The Kier molecular flexibility index (Phi) is 4.22. The number of aryl methyl sites for hydroxylation is 1. The van der Waals surface area contributed by atoms with Gasteiger partial charge < -0.3 is 11.1 Å². The van der Waals surface area contributed by atoms with Crippen LogP contribution >= 0.6 is 11.3 Å². The van der Waals surface area contributed by atoms with Gasteiger partial charge in [0.15, 0.2) is 0 Å². The predicted octanol–water partition coefficient (Wildman–Crippen LogP) is 3.00. The highest BCUT2D eigenvalue weighted by Gasteiger charge is 2.13. The van der Waals surface area contributed by atoms with Gasteiger partial charge in [-0.3, -0.25) is 4.79 Å². The van der Waals surface area contributed by atoms with Crippen molar-refractivity contribution in [2.45, 2.75) is 26.3 Å². The molecule has 0 spiro atoms. The minimum absolute atomic E-state index is 0.0889. The Bertz CT molecular complexity index is 564. The van der Waals surface area contributed by atoms with Crippen LogP contribution in [0.25, 0.3) is 0 Å². The van der Waals surface area contributed by atoms with Gasteiger partial charge >= 0.3 is 0 Å². The number of hydrogen-bond acceptors (Lipinski definition) is 3. The molecule has 3 nitrogen and oxygen atoms in total. The normalized spacial score (nSPS) is 12.1. The molecule has 0 aliphatic carbocycles. The highest BCUT2D eigenvalue weighted by Crippen LogP contribution is 2.15. The van der Waals surface area contributed by atoms with Crippen LogP contribution in [-0.4, -0.2) is 11.9 Å². The fourth-order valence-corrected chi connectivity index (χ4v) is 2.79. The lowest BCUT2D eigenvalue weighted by atomic mass is 10.1. The summed E-state index contributed by atoms with van der Waals surface area (Å²) in [4.78, 5) is 13.4. The lowest BCUT2D eigenvalue weighted by molar-refractivity contribution is 0.0941. The quantitative estimate of drug-likeness (QED) is 0.842. The fourth-order valence-electron chi connectivity index (χ4n) is 1.95. The Labute approximate surface area is 117 Å². The number of rotatable bonds is 4. The summed E-state index contributed by atoms with van der Waals surface area (Å²) in [5.74, 6) is -0.106. The monoisotopic (exact) mass is 274 g/mol. The van der Waals surface area contributed by atoms with E-state index in [0.717, 1.165) is 12.0 Å². The lowest BCUT2D eigenvalue weighted by Crippen LogP contribution is -2.34. The molecular formula is C15H18N2OS. The maximum Gasteiger partial charge on any atom is 0.253 e. The molecule has 2 rings (SSSR count). The summed E-state index contributed by atoms with van der Waals surface area (Å²) < 4.78 is 0. The van der Waals surface area contributed by atoms with E-state index < -0.39 is 0 Å². The van der Waals surface area contributed by atoms with E-state index in [1.54, 1.807) is 17.4 Å². The zero-order valence-corrected chi connectivity index (χ0v) is 12.0. The molecule has 1 heterocycles. The van der Waals surface area contributed by atoms with E-state index >= 15 is 0 Å². The summed E-state index contributed by atoms with van der Waals surface area (Å²) in [5, 5.41) is 5.03. The minimum atomic E-state index is -0.106. The van der Waals surface area contributed by atoms with Gasteiger partial charge in [-0.1, -0.05) is 17.7 Å². The van der Waals surface area contributed by atoms with Gasteiger partial charge in [-0.2, -0.15) is 0 Å². The number of carbonyl (C=O) groups excluding carboxylic acids is 1. The second-order valence-corrected chi connectivity index (χ2v) is 5.78. The molecule has 2 aromatic rings. The molecular weight excluding hydrogens is 256 g/mol. The number of nitrogen functional groups attached to an aromatic ring is 1. The van der Waals surface area contributed by atoms with Crippen LogP contribution in [-0.2, 0) is 6.42 Å². The van der Waals surface area contributed by atoms with Crippen LogP contribution in [0.5, 0.6) is 0 Å². The molecule has 0 aliphatic heterocycles. The number of nitrogens with one attached hydrogen (secondary N) is 1. The Balaban J connectivity index is 2.02. The van der Waals surface area contributed by atoms with Crippen LogP contribution < -0.4 is 11.1 Å². The first-order valence-electron chi connectivity index (χ1n) is 6.25. The van der Waals surface area contributed by atoms with Crippen LogP contribution in [0.1, 0.15) is 27.7 Å². The molecule has 1 aromatic heterocycles. The van der Waals surface area contributed by atoms with E-state index in [4.69, 9.17) is 5.73 Å². The van der Waals surface area contributed by atoms with E-state index in [1.807, 2.05) is 37.4 Å². The maximum absolute atomic E-state index is 12.2. The van der Waals surface area contributed by atoms with Gasteiger partial charge in [-0.15, -0.1) is 11.3 Å². The summed E-state index contributed by atoms with van der Waals surface area (Å²) in [7, 11) is 0. The molecule has 0 bridgehead atoms. The van der Waals surface area contributed by atoms with Gasteiger partial charge in [-0.05, 0) is 37.4 Å². The molecule has 19 heavy (non-hydrogen) atoms. The van der Waals surface area contributed by atoms with Crippen molar-refractivity contribution in [2.24, 2.45) is 0 Å². The Morgan fingerprint density at radius 2 is 2.21 bits per heavy atom. The van der Waals surface area contributed by atoms with Crippen molar-refractivity contribution in [3.8, 4) is 0 Å². The highest BCUT2D eigenvalue weighted by atomic mass is 32.1. The van der Waals surface area contributed by atoms with E-state index in [0.29, 0.717) is 11.3 Å². The van der Waals surface area contributed by atoms with Crippen molar-refractivity contribution in [1.29, 1.82) is 0 Å². The zero-order valence-electron chi connectivity index (χ0n) is 11.1. The third kappa shape index (κ3) is 3.58. The number of amides is 1. The average molecular weight is 274 g/mol. The van der Waals surface area contributed by atoms with Gasteiger partial charge in [-0.25, -0.2) is 0 Å². The smallest absolute Gasteiger partial charge is 0.253 e. The highest BCUT2D eigenvalue weighted by molar-refractivity contribution is 7.09. The standard InChI is InChI=1S/C15H18N2OS/c1-10-5-6-14(16)13(8-10)15(18)17-11(2)9-12-4-3-7-19-12/h3-8,11H,9,16H2,1-2H3,(H,17,18). The molecule has 4 heteroatoms. The second-order valence-electron chi connectivity index (χ2n) is 4.75. The molecule has 0 radical (unpaired) electrons. The molecule has 0 saturated heterocycles. The second kappa shape index (κ2) is 5.89. The van der Waals surface area contributed by atoms with E-state index in [-0.39, 0.29) is 11.9 Å². The third-order valence-electron chi connectivity index (χ3n) is 2.92. The average Bonchev–Trinajstić information content (AvgIpc) is 2.84. The van der Waals surface area contributed by atoms with Crippen molar-refractivity contribution in [3.63, 3.8) is 0 Å². The summed E-state index contributed by atoms with van der Waals surface area (Å²) in [6, 6.07) is 9.69. The van der Waals surface area contributed by atoms with Crippen LogP contribution in [0.3, 0.4) is 0 Å². The third-order valence-corrected chi connectivity index (χ3v) is 3.82. The molecule has 1 unspecified atom stereocenters. The van der Waals surface area contributed by atoms with Crippen molar-refractivity contribution >= 4 is 22.9 Å². The van der Waals surface area contributed by atoms with Gasteiger partial charge in [0.05, 0.1) is 5.56 Å². The van der Waals surface area contributed by atoms with Gasteiger partial charge in [0.25, 0.3) is 5.91 Å². The van der Waals surface area contributed by atoms with Crippen molar-refractivity contribution in [2.75, 3.05) is 5.73 Å². The number of anilines is 1. The van der Waals surface area contributed by atoms with Crippen molar-refractivity contribution in [1.82, 2.24) is 5.32 Å². The molecule has 0 saturated carbocycles. The number of hydrogen-bond donors (Lipinski definition) is 2. The predicted molar refractivity (Wildman–Crippen MR) is 80.5 cm³/mol. The first kappa shape index (κ1) is 13.6. The summed E-state index contributed by atoms with van der Waals surface area (Å²) >= 11 is 1.70. The van der Waals surface area contributed by atoms with E-state index in [9.17, 15) is 4.79 Å². The first-order valence-corrected chi connectivity index (χ1v) is 7.13. The SMILES string of the molecule is Cc1ccc(N)c(C(=O)NC(C)Cc2cccs2)c1. The first-order chi connectivity index (χ1) is 9.06. The summed E-state index contributed by atoms with van der Waals surface area (Å²) in [5.41, 5.74) is 7.95. The Hall–Kier alpha value is -1.81. The zero-order chi connectivity index (χ0) is 13.8. The van der Waals surface area contributed by atoms with Crippen LogP contribution in [0, 0.1) is 6.92 Å². The van der Waals surface area contributed by atoms with Crippen molar-refractivity contribution < 1.29 is 4.79 Å². The molecule has 0 aliphatic rings.